The first kappa shape index (κ1) is 10.1. The van der Waals surface area contributed by atoms with Crippen LogP contribution in [0.4, 0.5) is 0 Å². The van der Waals surface area contributed by atoms with Gasteiger partial charge in [-0.05, 0) is 24.4 Å². The van der Waals surface area contributed by atoms with Gasteiger partial charge in [-0.25, -0.2) is 0 Å². The molecular weight excluding hydrogens is 186 g/mol. The average molecular weight is 201 g/mol. The smallest absolute Gasteiger partial charge is 0.0281 e. The van der Waals surface area contributed by atoms with E-state index in [1.54, 1.807) is 0 Å². The predicted molar refractivity (Wildman–Crippen MR) is 58.7 cm³/mol. The molecule has 0 aromatic carbocycles. The zero-order valence-corrected chi connectivity index (χ0v) is 8.96. The van der Waals surface area contributed by atoms with E-state index < -0.39 is 0 Å². The molecule has 1 atom stereocenters. The second kappa shape index (κ2) is 5.62. The molecule has 12 heavy (non-hydrogen) atoms. The average Bonchev–Trinajstić information content (AvgIpc) is 2.53. The minimum absolute atomic E-state index is 0.692. The fourth-order valence-corrected chi connectivity index (χ4v) is 2.75. The molecule has 2 N–H and O–H groups in total. The second-order valence-electron chi connectivity index (χ2n) is 2.78. The Morgan fingerprint density at radius 1 is 1.67 bits per heavy atom. The van der Waals surface area contributed by atoms with E-state index in [1.165, 1.54) is 4.88 Å². The van der Waals surface area contributed by atoms with Crippen molar-refractivity contribution in [2.45, 2.75) is 24.3 Å². The van der Waals surface area contributed by atoms with Gasteiger partial charge >= 0.3 is 0 Å². The fourth-order valence-electron chi connectivity index (χ4n) is 0.937. The van der Waals surface area contributed by atoms with Crippen LogP contribution in [0.2, 0.25) is 0 Å². The minimum Gasteiger partial charge on any atom is -0.330 e. The number of hydrogen-bond acceptors (Lipinski definition) is 3. The third-order valence-corrected chi connectivity index (χ3v) is 4.00. The summed E-state index contributed by atoms with van der Waals surface area (Å²) in [5, 5.41) is 2.82. The molecule has 1 rings (SSSR count). The largest absolute Gasteiger partial charge is 0.330 e. The highest BCUT2D eigenvalue weighted by atomic mass is 32.2. The van der Waals surface area contributed by atoms with Gasteiger partial charge in [0.25, 0.3) is 0 Å². The lowest BCUT2D eigenvalue weighted by atomic mass is 10.3. The van der Waals surface area contributed by atoms with Crippen LogP contribution in [0.15, 0.2) is 17.5 Å². The molecule has 1 unspecified atom stereocenters. The molecular formula is C9H15NS2. The van der Waals surface area contributed by atoms with Crippen LogP contribution in [-0.2, 0) is 5.75 Å². The number of nitrogens with two attached hydrogens (primary N) is 1. The Balaban J connectivity index is 2.17. The van der Waals surface area contributed by atoms with Crippen LogP contribution in [-0.4, -0.2) is 11.8 Å². The number of thioether (sulfide) groups is 1. The summed E-state index contributed by atoms with van der Waals surface area (Å²) in [6, 6.07) is 4.29. The highest BCUT2D eigenvalue weighted by molar-refractivity contribution is 7.99. The quantitative estimate of drug-likeness (QED) is 0.792. The third-order valence-electron chi connectivity index (χ3n) is 1.66. The summed E-state index contributed by atoms with van der Waals surface area (Å²) in [4.78, 5) is 1.46. The van der Waals surface area contributed by atoms with Gasteiger partial charge in [-0.1, -0.05) is 13.0 Å². The van der Waals surface area contributed by atoms with Gasteiger partial charge in [-0.2, -0.15) is 11.8 Å². The monoisotopic (exact) mass is 201 g/mol. The Kier molecular flexibility index (Phi) is 4.73. The Bertz CT molecular complexity index is 196. The van der Waals surface area contributed by atoms with Crippen LogP contribution in [0.25, 0.3) is 0 Å². The topological polar surface area (TPSA) is 26.0 Å². The molecule has 0 aliphatic heterocycles. The molecule has 1 aromatic rings. The van der Waals surface area contributed by atoms with E-state index in [4.69, 9.17) is 5.73 Å². The van der Waals surface area contributed by atoms with E-state index in [2.05, 4.69) is 24.4 Å². The fraction of sp³-hybridized carbons (Fsp3) is 0.556. The van der Waals surface area contributed by atoms with Crippen molar-refractivity contribution in [3.05, 3.63) is 22.4 Å². The molecule has 0 bridgehead atoms. The third kappa shape index (κ3) is 3.61. The van der Waals surface area contributed by atoms with Crippen LogP contribution >= 0.6 is 23.1 Å². The molecule has 1 nitrogen and oxygen atoms in total. The van der Waals surface area contributed by atoms with Crippen molar-refractivity contribution >= 4 is 23.1 Å². The van der Waals surface area contributed by atoms with Crippen LogP contribution in [0.3, 0.4) is 0 Å². The lowest BCUT2D eigenvalue weighted by Crippen LogP contribution is -2.06. The van der Waals surface area contributed by atoms with Gasteiger partial charge in [0.2, 0.25) is 0 Å². The molecule has 0 fully saturated rings. The molecule has 0 aliphatic carbocycles. The molecule has 1 heterocycles. The van der Waals surface area contributed by atoms with Crippen molar-refractivity contribution in [3.63, 3.8) is 0 Å². The van der Waals surface area contributed by atoms with E-state index in [1.807, 2.05) is 23.1 Å². The highest BCUT2D eigenvalue weighted by Crippen LogP contribution is 2.22. The van der Waals surface area contributed by atoms with E-state index >= 15 is 0 Å². The molecule has 0 amide bonds. The summed E-state index contributed by atoms with van der Waals surface area (Å²) < 4.78 is 0. The number of thiophene rings is 1. The number of hydrogen-bond donors (Lipinski definition) is 1. The van der Waals surface area contributed by atoms with Crippen molar-refractivity contribution in [1.82, 2.24) is 0 Å². The Morgan fingerprint density at radius 2 is 2.50 bits per heavy atom. The zero-order chi connectivity index (χ0) is 8.81. The normalized spacial score (nSPS) is 13.2. The van der Waals surface area contributed by atoms with Crippen molar-refractivity contribution in [1.29, 1.82) is 0 Å². The summed E-state index contributed by atoms with van der Waals surface area (Å²) in [5.74, 6) is 1.14. The van der Waals surface area contributed by atoms with E-state index in [-0.39, 0.29) is 0 Å². The van der Waals surface area contributed by atoms with Crippen molar-refractivity contribution in [3.8, 4) is 0 Å². The van der Waals surface area contributed by atoms with Crippen LogP contribution in [0.5, 0.6) is 0 Å². The van der Waals surface area contributed by atoms with E-state index in [0.29, 0.717) is 5.25 Å². The van der Waals surface area contributed by atoms with E-state index in [0.717, 1.165) is 18.7 Å². The van der Waals surface area contributed by atoms with Crippen LogP contribution in [0.1, 0.15) is 18.2 Å². The molecule has 3 heteroatoms. The first-order chi connectivity index (χ1) is 5.83. The highest BCUT2D eigenvalue weighted by Gasteiger charge is 2.01. The first-order valence-electron chi connectivity index (χ1n) is 4.17. The zero-order valence-electron chi connectivity index (χ0n) is 7.32. The van der Waals surface area contributed by atoms with Gasteiger partial charge in [-0.3, -0.25) is 0 Å². The summed E-state index contributed by atoms with van der Waals surface area (Å²) in [5.41, 5.74) is 5.47. The van der Waals surface area contributed by atoms with Crippen LogP contribution < -0.4 is 5.73 Å². The molecule has 0 radical (unpaired) electrons. The van der Waals surface area contributed by atoms with Crippen LogP contribution in [0, 0.1) is 0 Å². The van der Waals surface area contributed by atoms with Gasteiger partial charge in [0.1, 0.15) is 0 Å². The summed E-state index contributed by atoms with van der Waals surface area (Å²) >= 11 is 3.82. The first-order valence-corrected chi connectivity index (χ1v) is 6.10. The summed E-state index contributed by atoms with van der Waals surface area (Å²) in [6.45, 7) is 3.05. The predicted octanol–water partition coefficient (Wildman–Crippen LogP) is 2.72. The standard InChI is InChI=1S/C9H15NS2/c1-8(4-5-10)12-7-9-3-2-6-11-9/h2-3,6,8H,4-5,7,10H2,1H3. The molecule has 0 saturated carbocycles. The van der Waals surface area contributed by atoms with Gasteiger partial charge in [-0.15, -0.1) is 11.3 Å². The van der Waals surface area contributed by atoms with Crippen molar-refractivity contribution in [2.24, 2.45) is 5.73 Å². The number of rotatable bonds is 5. The van der Waals surface area contributed by atoms with Crippen molar-refractivity contribution < 1.29 is 0 Å². The van der Waals surface area contributed by atoms with Gasteiger partial charge in [0, 0.05) is 15.9 Å². The maximum atomic E-state index is 5.47. The molecule has 68 valence electrons. The lowest BCUT2D eigenvalue weighted by Gasteiger charge is -2.07. The van der Waals surface area contributed by atoms with Gasteiger partial charge in [0.15, 0.2) is 0 Å². The minimum atomic E-state index is 0.692. The van der Waals surface area contributed by atoms with Gasteiger partial charge < -0.3 is 5.73 Å². The molecule has 0 aliphatic rings. The lowest BCUT2D eigenvalue weighted by molar-refractivity contribution is 0.823. The molecule has 0 spiro atoms. The Morgan fingerprint density at radius 3 is 3.08 bits per heavy atom. The van der Waals surface area contributed by atoms with Gasteiger partial charge in [0.05, 0.1) is 0 Å². The van der Waals surface area contributed by atoms with Crippen molar-refractivity contribution in [2.75, 3.05) is 6.54 Å². The maximum Gasteiger partial charge on any atom is 0.0281 e. The maximum absolute atomic E-state index is 5.47. The summed E-state index contributed by atoms with van der Waals surface area (Å²) in [7, 11) is 0. The SMILES string of the molecule is CC(CCN)SCc1cccs1. The Labute approximate surface area is 82.4 Å². The molecule has 1 aromatic heterocycles. The van der Waals surface area contributed by atoms with E-state index in [9.17, 15) is 0 Å². The Hall–Kier alpha value is 0.01000. The molecule has 0 saturated heterocycles. The second-order valence-corrected chi connectivity index (χ2v) is 5.24. The summed E-state index contributed by atoms with van der Waals surface area (Å²) in [6.07, 6.45) is 1.12.